The first-order valence-corrected chi connectivity index (χ1v) is 13.4. The molecule has 0 radical (unpaired) electrons. The molecule has 1 aliphatic carbocycles. The van der Waals surface area contributed by atoms with Gasteiger partial charge < -0.3 is 4.74 Å². The molecular formula is C31H46O. The quantitative estimate of drug-likeness (QED) is 0.342. The summed E-state index contributed by atoms with van der Waals surface area (Å²) in [6.07, 6.45) is 12.8. The van der Waals surface area contributed by atoms with Gasteiger partial charge in [-0.2, -0.15) is 0 Å². The fourth-order valence-electron chi connectivity index (χ4n) is 5.32. The molecule has 2 aromatic carbocycles. The SMILES string of the molecule is CCc1cc(-c2ccc(CCC3CCC(C)CC3)cc2)ccc1OCC(CC)(CC)CC. The lowest BCUT2D eigenvalue weighted by molar-refractivity contribution is 0.127. The highest BCUT2D eigenvalue weighted by molar-refractivity contribution is 5.66. The second-order valence-corrected chi connectivity index (χ2v) is 10.4. The maximum Gasteiger partial charge on any atom is 0.122 e. The van der Waals surface area contributed by atoms with Crippen LogP contribution in [0, 0.1) is 17.3 Å². The number of ether oxygens (including phenoxy) is 1. The van der Waals surface area contributed by atoms with Crippen molar-refractivity contribution in [3.63, 3.8) is 0 Å². The molecule has 0 atom stereocenters. The Kier molecular flexibility index (Phi) is 9.26. The summed E-state index contributed by atoms with van der Waals surface area (Å²) in [4.78, 5) is 0. The van der Waals surface area contributed by atoms with Crippen LogP contribution in [0.1, 0.15) is 97.1 Å². The molecule has 0 bridgehead atoms. The van der Waals surface area contributed by atoms with Crippen LogP contribution in [0.15, 0.2) is 42.5 Å². The third-order valence-electron chi connectivity index (χ3n) is 8.49. The molecule has 1 saturated carbocycles. The zero-order valence-electron chi connectivity index (χ0n) is 21.4. The van der Waals surface area contributed by atoms with Crippen LogP contribution >= 0.6 is 0 Å². The highest BCUT2D eigenvalue weighted by Gasteiger charge is 2.25. The van der Waals surface area contributed by atoms with Crippen LogP contribution in [0.25, 0.3) is 11.1 Å². The summed E-state index contributed by atoms with van der Waals surface area (Å²) in [7, 11) is 0. The largest absolute Gasteiger partial charge is 0.493 e. The van der Waals surface area contributed by atoms with Crippen LogP contribution in [0.4, 0.5) is 0 Å². The predicted molar refractivity (Wildman–Crippen MR) is 139 cm³/mol. The Balaban J connectivity index is 1.62. The van der Waals surface area contributed by atoms with Crippen molar-refractivity contribution in [1.29, 1.82) is 0 Å². The first kappa shape index (κ1) is 24.9. The van der Waals surface area contributed by atoms with E-state index in [4.69, 9.17) is 4.74 Å². The topological polar surface area (TPSA) is 9.23 Å². The van der Waals surface area contributed by atoms with Crippen molar-refractivity contribution in [2.45, 2.75) is 98.8 Å². The summed E-state index contributed by atoms with van der Waals surface area (Å²) >= 11 is 0. The molecule has 0 spiro atoms. The molecule has 3 rings (SSSR count). The third kappa shape index (κ3) is 6.40. The molecule has 0 saturated heterocycles. The molecular weight excluding hydrogens is 388 g/mol. The summed E-state index contributed by atoms with van der Waals surface area (Å²) in [6, 6.07) is 16.1. The van der Waals surface area contributed by atoms with Gasteiger partial charge in [0.2, 0.25) is 0 Å². The molecule has 176 valence electrons. The molecule has 0 unspecified atom stereocenters. The van der Waals surface area contributed by atoms with Crippen LogP contribution < -0.4 is 4.74 Å². The first-order chi connectivity index (χ1) is 15.5. The van der Waals surface area contributed by atoms with Gasteiger partial charge in [-0.05, 0) is 84.7 Å². The molecule has 0 aromatic heterocycles. The molecule has 1 aliphatic rings. The molecule has 1 fully saturated rings. The van der Waals surface area contributed by atoms with Gasteiger partial charge in [-0.3, -0.25) is 0 Å². The number of hydrogen-bond acceptors (Lipinski definition) is 1. The van der Waals surface area contributed by atoms with Gasteiger partial charge in [0.25, 0.3) is 0 Å². The smallest absolute Gasteiger partial charge is 0.122 e. The third-order valence-corrected chi connectivity index (χ3v) is 8.49. The van der Waals surface area contributed by atoms with Crippen molar-refractivity contribution in [3.05, 3.63) is 53.6 Å². The van der Waals surface area contributed by atoms with Crippen molar-refractivity contribution in [3.8, 4) is 16.9 Å². The standard InChI is InChI=1S/C31H46O/c1-6-27-22-29(20-21-30(27)32-23-31(7-2,8-3)9-4)28-18-16-26(17-19-28)15-14-25-12-10-24(5)11-13-25/h16-22,24-25H,6-15,23H2,1-5H3. The molecule has 0 aliphatic heterocycles. The molecule has 1 heteroatoms. The summed E-state index contributed by atoms with van der Waals surface area (Å²) in [5.41, 5.74) is 5.71. The molecule has 0 N–H and O–H groups in total. The van der Waals surface area contributed by atoms with E-state index in [-0.39, 0.29) is 0 Å². The van der Waals surface area contributed by atoms with Gasteiger partial charge in [0, 0.05) is 5.41 Å². The molecule has 0 amide bonds. The molecule has 32 heavy (non-hydrogen) atoms. The fourth-order valence-corrected chi connectivity index (χ4v) is 5.32. The van der Waals surface area contributed by atoms with Crippen LogP contribution in [-0.2, 0) is 12.8 Å². The molecule has 2 aromatic rings. The van der Waals surface area contributed by atoms with Crippen molar-refractivity contribution in [2.75, 3.05) is 6.61 Å². The van der Waals surface area contributed by atoms with E-state index in [9.17, 15) is 0 Å². The van der Waals surface area contributed by atoms with Crippen LogP contribution in [0.3, 0.4) is 0 Å². The van der Waals surface area contributed by atoms with E-state index in [0.29, 0.717) is 5.41 Å². The lowest BCUT2D eigenvalue weighted by atomic mass is 9.80. The summed E-state index contributed by atoms with van der Waals surface area (Å²) in [6.45, 7) is 12.3. The average Bonchev–Trinajstić information content (AvgIpc) is 2.85. The van der Waals surface area contributed by atoms with E-state index in [2.05, 4.69) is 77.1 Å². The summed E-state index contributed by atoms with van der Waals surface area (Å²) in [5.74, 6) is 2.95. The second-order valence-electron chi connectivity index (χ2n) is 10.4. The number of benzene rings is 2. The fraction of sp³-hybridized carbons (Fsp3) is 0.613. The Bertz CT molecular complexity index is 799. The number of hydrogen-bond donors (Lipinski definition) is 0. The normalized spacial score (nSPS) is 19.2. The zero-order chi connectivity index (χ0) is 23.0. The minimum atomic E-state index is 0.301. The van der Waals surface area contributed by atoms with E-state index in [1.807, 2.05) is 0 Å². The van der Waals surface area contributed by atoms with E-state index in [0.717, 1.165) is 30.6 Å². The van der Waals surface area contributed by atoms with Crippen molar-refractivity contribution >= 4 is 0 Å². The van der Waals surface area contributed by atoms with Gasteiger partial charge in [0.1, 0.15) is 5.75 Å². The van der Waals surface area contributed by atoms with Crippen molar-refractivity contribution in [1.82, 2.24) is 0 Å². The lowest BCUT2D eigenvalue weighted by Gasteiger charge is -2.30. The van der Waals surface area contributed by atoms with Crippen LogP contribution in [-0.4, -0.2) is 6.61 Å². The Morgan fingerprint density at radius 2 is 1.44 bits per heavy atom. The molecule has 0 heterocycles. The Morgan fingerprint density at radius 1 is 0.812 bits per heavy atom. The number of rotatable bonds is 11. The first-order valence-electron chi connectivity index (χ1n) is 13.4. The minimum Gasteiger partial charge on any atom is -0.493 e. The zero-order valence-corrected chi connectivity index (χ0v) is 21.4. The van der Waals surface area contributed by atoms with E-state index in [1.165, 1.54) is 80.0 Å². The summed E-state index contributed by atoms with van der Waals surface area (Å²) in [5, 5.41) is 0. The number of aryl methyl sites for hydroxylation is 2. The maximum absolute atomic E-state index is 6.37. The Morgan fingerprint density at radius 3 is 2.03 bits per heavy atom. The highest BCUT2D eigenvalue weighted by atomic mass is 16.5. The van der Waals surface area contributed by atoms with Gasteiger partial charge in [0.15, 0.2) is 0 Å². The van der Waals surface area contributed by atoms with Crippen LogP contribution in [0.5, 0.6) is 5.75 Å². The van der Waals surface area contributed by atoms with E-state index < -0.39 is 0 Å². The maximum atomic E-state index is 6.37. The van der Waals surface area contributed by atoms with E-state index >= 15 is 0 Å². The monoisotopic (exact) mass is 434 g/mol. The van der Waals surface area contributed by atoms with Gasteiger partial charge in [-0.15, -0.1) is 0 Å². The lowest BCUT2D eigenvalue weighted by Crippen LogP contribution is -2.26. The Hall–Kier alpha value is -1.76. The van der Waals surface area contributed by atoms with Crippen molar-refractivity contribution in [2.24, 2.45) is 17.3 Å². The average molecular weight is 435 g/mol. The highest BCUT2D eigenvalue weighted by Crippen LogP contribution is 2.34. The predicted octanol–water partition coefficient (Wildman–Crippen LogP) is 9.27. The van der Waals surface area contributed by atoms with Crippen LogP contribution in [0.2, 0.25) is 0 Å². The second kappa shape index (κ2) is 11.9. The minimum absolute atomic E-state index is 0.301. The van der Waals surface area contributed by atoms with Gasteiger partial charge in [-0.1, -0.05) is 90.6 Å². The Labute approximate surface area is 198 Å². The van der Waals surface area contributed by atoms with Gasteiger partial charge in [0.05, 0.1) is 6.61 Å². The van der Waals surface area contributed by atoms with Crippen molar-refractivity contribution < 1.29 is 4.74 Å². The van der Waals surface area contributed by atoms with Gasteiger partial charge in [-0.25, -0.2) is 0 Å². The summed E-state index contributed by atoms with van der Waals surface area (Å²) < 4.78 is 6.37. The molecule has 1 nitrogen and oxygen atoms in total. The van der Waals surface area contributed by atoms with E-state index in [1.54, 1.807) is 0 Å². The van der Waals surface area contributed by atoms with Gasteiger partial charge >= 0.3 is 0 Å².